The maximum atomic E-state index is 6.30. The highest BCUT2D eigenvalue weighted by Gasteiger charge is 2.40. The van der Waals surface area contributed by atoms with Gasteiger partial charge in [-0.3, -0.25) is 0 Å². The Bertz CT molecular complexity index is 414. The molecule has 0 radical (unpaired) electrons. The second kappa shape index (κ2) is 4.92. The Morgan fingerprint density at radius 3 is 2.72 bits per heavy atom. The minimum absolute atomic E-state index is 0.326. The van der Waals surface area contributed by atoms with Gasteiger partial charge in [0.05, 0.1) is 6.61 Å². The van der Waals surface area contributed by atoms with Crippen LogP contribution in [0.15, 0.2) is 12.4 Å². The van der Waals surface area contributed by atoms with E-state index in [4.69, 9.17) is 16.3 Å². The predicted molar refractivity (Wildman–Crippen MR) is 71.4 cm³/mol. The van der Waals surface area contributed by atoms with Crippen LogP contribution >= 0.6 is 11.6 Å². The van der Waals surface area contributed by atoms with E-state index in [2.05, 4.69) is 14.9 Å². The summed E-state index contributed by atoms with van der Waals surface area (Å²) in [7, 11) is 0. The molecule has 2 unspecified atom stereocenters. The van der Waals surface area contributed by atoms with E-state index in [1.165, 1.54) is 12.8 Å². The molecule has 3 heterocycles. The van der Waals surface area contributed by atoms with Crippen LogP contribution in [-0.2, 0) is 0 Å². The van der Waals surface area contributed by atoms with Crippen molar-refractivity contribution in [1.82, 2.24) is 9.97 Å². The van der Waals surface area contributed by atoms with E-state index in [1.54, 1.807) is 6.33 Å². The first-order valence-electron chi connectivity index (χ1n) is 6.65. The third kappa shape index (κ3) is 2.14. The number of anilines is 1. The van der Waals surface area contributed by atoms with E-state index >= 15 is 0 Å². The summed E-state index contributed by atoms with van der Waals surface area (Å²) in [5, 5.41) is 0.326. The maximum Gasteiger partial charge on any atom is 0.218 e. The predicted octanol–water partition coefficient (Wildman–Crippen LogP) is 2.61. The monoisotopic (exact) mass is 267 g/mol. The topological polar surface area (TPSA) is 38.2 Å². The van der Waals surface area contributed by atoms with E-state index in [-0.39, 0.29) is 0 Å². The smallest absolute Gasteiger partial charge is 0.218 e. The van der Waals surface area contributed by atoms with Crippen molar-refractivity contribution in [2.75, 3.05) is 11.5 Å². The molecule has 0 amide bonds. The van der Waals surface area contributed by atoms with Crippen molar-refractivity contribution in [2.24, 2.45) is 0 Å². The molecular weight excluding hydrogens is 250 g/mol. The van der Waals surface area contributed by atoms with E-state index in [1.807, 2.05) is 13.0 Å². The molecule has 5 heteroatoms. The Morgan fingerprint density at radius 1 is 1.33 bits per heavy atom. The molecule has 2 fully saturated rings. The molecule has 0 N–H and O–H groups in total. The van der Waals surface area contributed by atoms with Crippen LogP contribution in [0.2, 0.25) is 0 Å². The second-order valence-corrected chi connectivity index (χ2v) is 5.63. The summed E-state index contributed by atoms with van der Waals surface area (Å²) in [6, 6.07) is 3.02. The molecule has 1 aromatic rings. The molecule has 2 saturated heterocycles. The first-order valence-corrected chi connectivity index (χ1v) is 7.09. The van der Waals surface area contributed by atoms with Gasteiger partial charge >= 0.3 is 0 Å². The fourth-order valence-corrected chi connectivity index (χ4v) is 3.59. The Balaban J connectivity index is 1.84. The zero-order chi connectivity index (χ0) is 12.5. The van der Waals surface area contributed by atoms with E-state index < -0.39 is 0 Å². The quantitative estimate of drug-likeness (QED) is 0.789. The fraction of sp³-hybridized carbons (Fsp3) is 0.692. The summed E-state index contributed by atoms with van der Waals surface area (Å²) >= 11 is 6.30. The normalized spacial score (nSPS) is 30.6. The van der Waals surface area contributed by atoms with Crippen LogP contribution in [0.3, 0.4) is 0 Å². The number of hydrogen-bond donors (Lipinski definition) is 0. The average molecular weight is 268 g/mol. The standard InChI is InChI=1S/C13H18ClN3O/c1-2-18-13-7-12(15-8-16-13)17-10-3-4-11(17)6-9(14)5-10/h7-11H,2-6H2,1H3. The van der Waals surface area contributed by atoms with E-state index in [0.29, 0.717) is 29.9 Å². The highest BCUT2D eigenvalue weighted by atomic mass is 35.5. The summed E-state index contributed by atoms with van der Waals surface area (Å²) < 4.78 is 5.45. The van der Waals surface area contributed by atoms with Gasteiger partial charge in [-0.2, -0.15) is 0 Å². The number of aromatic nitrogens is 2. The molecule has 0 saturated carbocycles. The van der Waals surface area contributed by atoms with Gasteiger partial charge in [-0.25, -0.2) is 9.97 Å². The lowest BCUT2D eigenvalue weighted by Crippen LogP contribution is -2.43. The van der Waals surface area contributed by atoms with Gasteiger partial charge in [0, 0.05) is 23.5 Å². The molecule has 2 atom stereocenters. The van der Waals surface area contributed by atoms with Crippen LogP contribution in [0.5, 0.6) is 5.88 Å². The Morgan fingerprint density at radius 2 is 2.06 bits per heavy atom. The summed E-state index contributed by atoms with van der Waals surface area (Å²) in [6.07, 6.45) is 6.16. The zero-order valence-corrected chi connectivity index (χ0v) is 11.3. The van der Waals surface area contributed by atoms with Crippen LogP contribution in [0.1, 0.15) is 32.6 Å². The maximum absolute atomic E-state index is 6.30. The minimum atomic E-state index is 0.326. The highest BCUT2D eigenvalue weighted by molar-refractivity contribution is 6.20. The summed E-state index contributed by atoms with van der Waals surface area (Å²) in [4.78, 5) is 10.9. The van der Waals surface area contributed by atoms with Gasteiger partial charge in [-0.1, -0.05) is 0 Å². The number of alkyl halides is 1. The number of ether oxygens (including phenoxy) is 1. The van der Waals surface area contributed by atoms with Gasteiger partial charge in [0.25, 0.3) is 0 Å². The number of hydrogen-bond acceptors (Lipinski definition) is 4. The van der Waals surface area contributed by atoms with Gasteiger partial charge < -0.3 is 9.64 Å². The van der Waals surface area contributed by atoms with E-state index in [0.717, 1.165) is 18.7 Å². The first kappa shape index (κ1) is 12.0. The van der Waals surface area contributed by atoms with Crippen LogP contribution in [0.25, 0.3) is 0 Å². The molecular formula is C13H18ClN3O. The lowest BCUT2D eigenvalue weighted by Gasteiger charge is -2.37. The molecule has 0 aliphatic carbocycles. The van der Waals surface area contributed by atoms with Gasteiger partial charge in [0.1, 0.15) is 12.1 Å². The molecule has 1 aromatic heterocycles. The van der Waals surface area contributed by atoms with Crippen molar-refractivity contribution >= 4 is 17.4 Å². The molecule has 4 nitrogen and oxygen atoms in total. The zero-order valence-electron chi connectivity index (χ0n) is 10.6. The van der Waals surface area contributed by atoms with Crippen molar-refractivity contribution in [3.05, 3.63) is 12.4 Å². The third-order valence-corrected chi connectivity index (χ3v) is 4.22. The average Bonchev–Trinajstić information content (AvgIpc) is 2.63. The minimum Gasteiger partial charge on any atom is -0.478 e. The lowest BCUT2D eigenvalue weighted by atomic mass is 10.0. The van der Waals surface area contributed by atoms with Crippen molar-refractivity contribution in [2.45, 2.75) is 50.1 Å². The molecule has 3 rings (SSSR count). The van der Waals surface area contributed by atoms with Crippen LogP contribution in [-0.4, -0.2) is 34.0 Å². The van der Waals surface area contributed by atoms with Crippen molar-refractivity contribution in [3.8, 4) is 5.88 Å². The number of piperidine rings is 1. The van der Waals surface area contributed by atoms with Gasteiger partial charge in [0.2, 0.25) is 5.88 Å². The molecule has 2 bridgehead atoms. The largest absolute Gasteiger partial charge is 0.478 e. The SMILES string of the molecule is CCOc1cc(N2C3CCC2CC(Cl)C3)ncn1. The van der Waals surface area contributed by atoms with Crippen LogP contribution < -0.4 is 9.64 Å². The van der Waals surface area contributed by atoms with Crippen molar-refractivity contribution < 1.29 is 4.74 Å². The molecule has 0 spiro atoms. The molecule has 2 aliphatic heterocycles. The fourth-order valence-electron chi connectivity index (χ4n) is 3.18. The molecule has 0 aromatic carbocycles. The second-order valence-electron chi connectivity index (χ2n) is 5.01. The summed E-state index contributed by atoms with van der Waals surface area (Å²) in [5.74, 6) is 1.65. The van der Waals surface area contributed by atoms with Crippen LogP contribution in [0.4, 0.5) is 5.82 Å². The Kier molecular flexibility index (Phi) is 3.29. The van der Waals surface area contributed by atoms with Gasteiger partial charge in [-0.05, 0) is 32.6 Å². The number of halogens is 1. The Labute approximate surface area is 112 Å². The number of nitrogens with zero attached hydrogens (tertiary/aromatic N) is 3. The lowest BCUT2D eigenvalue weighted by molar-refractivity contribution is 0.326. The molecule has 98 valence electrons. The highest BCUT2D eigenvalue weighted by Crippen LogP contribution is 2.40. The van der Waals surface area contributed by atoms with Crippen LogP contribution in [0, 0.1) is 0 Å². The first-order chi connectivity index (χ1) is 8.78. The number of rotatable bonds is 3. The summed E-state index contributed by atoms with van der Waals surface area (Å²) in [6.45, 7) is 2.59. The van der Waals surface area contributed by atoms with Crippen molar-refractivity contribution in [1.29, 1.82) is 0 Å². The third-order valence-electron chi connectivity index (χ3n) is 3.86. The number of fused-ring (bicyclic) bond motifs is 2. The van der Waals surface area contributed by atoms with Crippen molar-refractivity contribution in [3.63, 3.8) is 0 Å². The van der Waals surface area contributed by atoms with Gasteiger partial charge in [0.15, 0.2) is 0 Å². The van der Waals surface area contributed by atoms with E-state index in [9.17, 15) is 0 Å². The molecule has 2 aliphatic rings. The molecule has 18 heavy (non-hydrogen) atoms. The Hall–Kier alpha value is -1.03. The van der Waals surface area contributed by atoms with Gasteiger partial charge in [-0.15, -0.1) is 11.6 Å². The summed E-state index contributed by atoms with van der Waals surface area (Å²) in [5.41, 5.74) is 0.